The van der Waals surface area contributed by atoms with Crippen LogP contribution in [-0.2, 0) is 0 Å². The van der Waals surface area contributed by atoms with Crippen molar-refractivity contribution >= 4 is 11.4 Å². The van der Waals surface area contributed by atoms with Crippen molar-refractivity contribution in [3.63, 3.8) is 0 Å². The minimum atomic E-state index is 0. The van der Waals surface area contributed by atoms with E-state index in [1.807, 2.05) is 0 Å². The molecule has 220 valence electrons. The third kappa shape index (κ3) is 12.5. The van der Waals surface area contributed by atoms with Gasteiger partial charge in [-0.05, 0) is 73.3 Å². The van der Waals surface area contributed by atoms with Gasteiger partial charge in [0.2, 0.25) is 0 Å². The molecule has 2 rings (SSSR count). The fourth-order valence-corrected chi connectivity index (χ4v) is 5.08. The van der Waals surface area contributed by atoms with Crippen molar-refractivity contribution in [2.75, 3.05) is 21.1 Å². The molecule has 2 aliphatic rings. The van der Waals surface area contributed by atoms with Crippen LogP contribution in [0.5, 0.6) is 0 Å². The Morgan fingerprint density at radius 1 is 1.00 bits per heavy atom. The van der Waals surface area contributed by atoms with Gasteiger partial charge >= 0.3 is 0 Å². The van der Waals surface area contributed by atoms with E-state index in [2.05, 4.69) is 122 Å². The molecule has 6 nitrogen and oxygen atoms in total. The van der Waals surface area contributed by atoms with Gasteiger partial charge in [-0.2, -0.15) is 15.5 Å². The summed E-state index contributed by atoms with van der Waals surface area (Å²) in [5.41, 5.74) is 9.16. The lowest BCUT2D eigenvalue weighted by atomic mass is 9.76. The van der Waals surface area contributed by atoms with Crippen LogP contribution in [0, 0.1) is 22.7 Å². The van der Waals surface area contributed by atoms with Gasteiger partial charge in [0.25, 0.3) is 0 Å². The summed E-state index contributed by atoms with van der Waals surface area (Å²) in [7, 11) is 5.67. The summed E-state index contributed by atoms with van der Waals surface area (Å²) in [6.45, 7) is 25.9. The van der Waals surface area contributed by atoms with Crippen LogP contribution in [0.2, 0.25) is 0 Å². The van der Waals surface area contributed by atoms with Gasteiger partial charge in [-0.3, -0.25) is 10.0 Å². The van der Waals surface area contributed by atoms with E-state index >= 15 is 0 Å². The molecule has 0 fully saturated rings. The molecule has 0 saturated carbocycles. The summed E-state index contributed by atoms with van der Waals surface area (Å²) < 4.78 is 0. The predicted molar refractivity (Wildman–Crippen MR) is 169 cm³/mol. The molecule has 4 unspecified atom stereocenters. The number of nitrogens with two attached hydrogens (primary N) is 1. The average Bonchev–Trinajstić information content (AvgIpc) is 3.22. The number of hydrazone groups is 2. The van der Waals surface area contributed by atoms with E-state index in [9.17, 15) is 0 Å². The normalized spacial score (nSPS) is 25.8. The van der Waals surface area contributed by atoms with E-state index in [1.54, 1.807) is 6.07 Å². The topological polar surface area (TPSA) is 81.0 Å². The van der Waals surface area contributed by atoms with Crippen molar-refractivity contribution in [3.8, 4) is 6.07 Å². The molecule has 0 bridgehead atoms. The quantitative estimate of drug-likeness (QED) is 0.354. The van der Waals surface area contributed by atoms with E-state index in [1.165, 1.54) is 69.5 Å². The predicted octanol–water partition coefficient (Wildman–Crippen LogP) is 8.50. The van der Waals surface area contributed by atoms with Gasteiger partial charge in [-0.1, -0.05) is 67.5 Å². The third-order valence-corrected chi connectivity index (χ3v) is 7.98. The fourth-order valence-electron chi connectivity index (χ4n) is 5.08. The first-order valence-electron chi connectivity index (χ1n) is 14.0. The second kappa shape index (κ2) is 22.1. The van der Waals surface area contributed by atoms with Crippen LogP contribution in [0.15, 0.2) is 21.9 Å². The molecule has 4 atom stereocenters. The molecule has 2 N–H and O–H groups in total. The van der Waals surface area contributed by atoms with E-state index in [4.69, 9.17) is 5.26 Å². The smallest absolute Gasteiger partial charge is 0.0625 e. The highest BCUT2D eigenvalue weighted by atomic mass is 15.5. The molecule has 2 heterocycles. The Labute approximate surface area is 233 Å². The average molecular weight is 523 g/mol. The SMILES string of the molecule is C.CC#N.CC/C=C(/C)CC.CCC1C(C)=NN(C)C1(C)CC.CCC1N(C)N=C(C)C1(C)CC.CN. The lowest BCUT2D eigenvalue weighted by Crippen LogP contribution is -2.43. The van der Waals surface area contributed by atoms with Gasteiger partial charge in [0.1, 0.15) is 0 Å². The Kier molecular flexibility index (Phi) is 25.3. The molecular weight excluding hydrogens is 456 g/mol. The molecule has 0 radical (unpaired) electrons. The van der Waals surface area contributed by atoms with Crippen LogP contribution in [0.25, 0.3) is 0 Å². The lowest BCUT2D eigenvalue weighted by molar-refractivity contribution is 0.124. The maximum absolute atomic E-state index is 7.32. The zero-order valence-corrected chi connectivity index (χ0v) is 26.8. The molecule has 0 amide bonds. The first-order valence-corrected chi connectivity index (χ1v) is 14.0. The summed E-state index contributed by atoms with van der Waals surface area (Å²) in [4.78, 5) is 0. The Morgan fingerprint density at radius 3 is 1.73 bits per heavy atom. The van der Waals surface area contributed by atoms with Gasteiger partial charge < -0.3 is 5.73 Å². The van der Waals surface area contributed by atoms with Gasteiger partial charge in [0.05, 0.1) is 17.6 Å². The maximum Gasteiger partial charge on any atom is 0.0625 e. The van der Waals surface area contributed by atoms with Crippen molar-refractivity contribution in [2.45, 2.75) is 141 Å². The standard InChI is InChI=1S/2C10H20N2.C7H14.C2H3N.CH5N.CH4/c1-6-9-10(4,7-2)8(3)11-12(9)5;1-6-9-8(3)11-12(5)10(9,4)7-2;1-4-6-7(3)5-2;1-2-3;1-2;/h2*9H,6-7H2,1-5H3;6H,4-5H2,1-3H3;1H3;2H2,1H3;1H4/b;;7-6-;;;. The van der Waals surface area contributed by atoms with Crippen molar-refractivity contribution in [1.82, 2.24) is 10.0 Å². The molecule has 0 aromatic carbocycles. The van der Waals surface area contributed by atoms with E-state index < -0.39 is 0 Å². The van der Waals surface area contributed by atoms with Gasteiger partial charge in [-0.25, -0.2) is 0 Å². The minimum Gasteiger partial charge on any atom is -0.333 e. The van der Waals surface area contributed by atoms with Crippen molar-refractivity contribution in [3.05, 3.63) is 11.6 Å². The number of hydrogen-bond donors (Lipinski definition) is 1. The van der Waals surface area contributed by atoms with Crippen molar-refractivity contribution < 1.29 is 0 Å². The van der Waals surface area contributed by atoms with Gasteiger partial charge in [0, 0.05) is 43.8 Å². The number of allylic oxidation sites excluding steroid dienone is 2. The molecule has 2 aliphatic heterocycles. The Morgan fingerprint density at radius 2 is 1.49 bits per heavy atom. The third-order valence-electron chi connectivity index (χ3n) is 7.98. The first-order chi connectivity index (χ1) is 16.8. The number of hydrogen-bond acceptors (Lipinski definition) is 6. The highest BCUT2D eigenvalue weighted by Crippen LogP contribution is 2.38. The summed E-state index contributed by atoms with van der Waals surface area (Å²) in [6, 6.07) is 2.35. The fraction of sp³-hybridized carbons (Fsp3) is 0.839. The second-order valence-corrected chi connectivity index (χ2v) is 9.93. The highest BCUT2D eigenvalue weighted by molar-refractivity contribution is 5.89. The van der Waals surface area contributed by atoms with Crippen molar-refractivity contribution in [2.24, 2.45) is 27.3 Å². The summed E-state index contributed by atoms with van der Waals surface area (Å²) in [5, 5.41) is 20.6. The zero-order valence-electron chi connectivity index (χ0n) is 26.8. The molecule has 0 aromatic heterocycles. The monoisotopic (exact) mass is 523 g/mol. The number of rotatable bonds is 6. The second-order valence-electron chi connectivity index (χ2n) is 9.93. The van der Waals surface area contributed by atoms with E-state index in [0.29, 0.717) is 17.4 Å². The lowest BCUT2D eigenvalue weighted by Gasteiger charge is -2.35. The Bertz CT molecular complexity index is 705. The Balaban J connectivity index is -0.000000206. The van der Waals surface area contributed by atoms with Crippen LogP contribution in [0.4, 0.5) is 0 Å². The first kappa shape index (κ1) is 42.2. The van der Waals surface area contributed by atoms with E-state index in [0.717, 1.165) is 0 Å². The zero-order chi connectivity index (χ0) is 29.1. The summed E-state index contributed by atoms with van der Waals surface area (Å²) in [5.74, 6) is 0.646. The molecule has 0 aromatic rings. The highest BCUT2D eigenvalue weighted by Gasteiger charge is 2.42. The van der Waals surface area contributed by atoms with Gasteiger partial charge in [-0.15, -0.1) is 0 Å². The van der Waals surface area contributed by atoms with Crippen molar-refractivity contribution in [1.29, 1.82) is 5.26 Å². The van der Waals surface area contributed by atoms with Crippen LogP contribution in [0.3, 0.4) is 0 Å². The Hall–Kier alpha value is -1.87. The van der Waals surface area contributed by atoms with Gasteiger partial charge in [0.15, 0.2) is 0 Å². The summed E-state index contributed by atoms with van der Waals surface area (Å²) >= 11 is 0. The number of nitrogens with zero attached hydrogens (tertiary/aromatic N) is 5. The molecule has 0 aliphatic carbocycles. The van der Waals surface area contributed by atoms with Crippen LogP contribution >= 0.6 is 0 Å². The minimum absolute atomic E-state index is 0. The maximum atomic E-state index is 7.32. The van der Waals surface area contributed by atoms with E-state index in [-0.39, 0.29) is 13.0 Å². The van der Waals surface area contributed by atoms with Crippen LogP contribution in [0.1, 0.15) is 129 Å². The number of nitriles is 1. The van der Waals surface area contributed by atoms with Crippen LogP contribution < -0.4 is 5.73 Å². The molecule has 37 heavy (non-hydrogen) atoms. The molecular formula is C31H66N6. The molecule has 0 saturated heterocycles. The molecule has 6 heteroatoms. The van der Waals surface area contributed by atoms with Crippen LogP contribution in [-0.4, -0.2) is 54.2 Å². The largest absolute Gasteiger partial charge is 0.333 e. The molecule has 0 spiro atoms. The summed E-state index contributed by atoms with van der Waals surface area (Å²) in [6.07, 6.45) is 9.38.